The number of carbonyl (C=O) groups excluding carboxylic acids is 2. The number of carbonyl (C=O) groups is 2. The summed E-state index contributed by atoms with van der Waals surface area (Å²) >= 11 is 11.9. The minimum Gasteiger partial charge on any atom is -0.371 e. The molecule has 0 spiro atoms. The molecule has 3 N–H and O–H groups in total. The zero-order valence-electron chi connectivity index (χ0n) is 18.7. The quantitative estimate of drug-likeness (QED) is 0.460. The van der Waals surface area contributed by atoms with Gasteiger partial charge in [-0.25, -0.2) is 4.79 Å². The first-order valence-corrected chi connectivity index (χ1v) is 11.7. The van der Waals surface area contributed by atoms with Gasteiger partial charge in [-0.3, -0.25) is 4.79 Å². The summed E-state index contributed by atoms with van der Waals surface area (Å²) in [5.41, 5.74) is 2.51. The Balaban J connectivity index is 1.78. The van der Waals surface area contributed by atoms with Crippen molar-refractivity contribution >= 4 is 52.2 Å². The van der Waals surface area contributed by atoms with Crippen molar-refractivity contribution in [3.63, 3.8) is 0 Å². The van der Waals surface area contributed by atoms with Crippen LogP contribution in [0.2, 0.25) is 10.0 Å². The van der Waals surface area contributed by atoms with E-state index in [1.807, 2.05) is 12.1 Å². The Labute approximate surface area is 199 Å². The maximum absolute atomic E-state index is 13.0. The van der Waals surface area contributed by atoms with Gasteiger partial charge in [-0.1, -0.05) is 44.0 Å². The number of hydrogen-bond donors (Lipinski definition) is 3. The molecular weight excluding hydrogens is 447 g/mol. The predicted octanol–water partition coefficient (Wildman–Crippen LogP) is 6.26. The maximum Gasteiger partial charge on any atom is 0.323 e. The zero-order chi connectivity index (χ0) is 23.3. The van der Waals surface area contributed by atoms with Crippen molar-refractivity contribution in [1.29, 1.82) is 0 Å². The standard InChI is InChI=1S/C24H30Cl2N4O2/c1-15(2)14-27-23(31)19-12-17(5-7-22(19)30-10-8-16(3)9-11-30)28-24(32)29-18-4-6-20(25)21(26)13-18/h4-7,12-13,15-16H,8-11,14H2,1-3H3,(H,27,31)(H2,28,29,32). The summed E-state index contributed by atoms with van der Waals surface area (Å²) in [5.74, 6) is 0.896. The smallest absolute Gasteiger partial charge is 0.323 e. The van der Waals surface area contributed by atoms with Gasteiger partial charge < -0.3 is 20.9 Å². The molecule has 1 aliphatic rings. The molecule has 1 aliphatic heterocycles. The van der Waals surface area contributed by atoms with Gasteiger partial charge in [-0.05, 0) is 61.1 Å². The third kappa shape index (κ3) is 6.53. The van der Waals surface area contributed by atoms with E-state index in [0.717, 1.165) is 31.6 Å². The van der Waals surface area contributed by atoms with E-state index in [-0.39, 0.29) is 5.91 Å². The monoisotopic (exact) mass is 476 g/mol. The summed E-state index contributed by atoms with van der Waals surface area (Å²) in [6.07, 6.45) is 2.19. The lowest BCUT2D eigenvalue weighted by molar-refractivity contribution is 0.0949. The maximum atomic E-state index is 13.0. The van der Waals surface area contributed by atoms with Crippen LogP contribution in [0.1, 0.15) is 44.0 Å². The van der Waals surface area contributed by atoms with Crippen molar-refractivity contribution in [3.8, 4) is 0 Å². The molecule has 1 fully saturated rings. The van der Waals surface area contributed by atoms with Gasteiger partial charge in [0.05, 0.1) is 15.6 Å². The van der Waals surface area contributed by atoms with Crippen LogP contribution in [0, 0.1) is 11.8 Å². The summed E-state index contributed by atoms with van der Waals surface area (Å²) in [7, 11) is 0. The summed E-state index contributed by atoms with van der Waals surface area (Å²) in [6, 6.07) is 9.89. The molecule has 0 atom stereocenters. The Morgan fingerprint density at radius 2 is 1.62 bits per heavy atom. The number of halogens is 2. The SMILES string of the molecule is CC(C)CNC(=O)c1cc(NC(=O)Nc2ccc(Cl)c(Cl)c2)ccc1N1CCC(C)CC1. The van der Waals surface area contributed by atoms with Crippen LogP contribution < -0.4 is 20.9 Å². The lowest BCUT2D eigenvalue weighted by atomic mass is 9.97. The van der Waals surface area contributed by atoms with Gasteiger partial charge in [0.25, 0.3) is 5.91 Å². The molecule has 0 unspecified atom stereocenters. The van der Waals surface area contributed by atoms with Crippen LogP contribution in [0.25, 0.3) is 0 Å². The fraction of sp³-hybridized carbons (Fsp3) is 0.417. The Morgan fingerprint density at radius 1 is 1.00 bits per heavy atom. The molecule has 0 bridgehead atoms. The van der Waals surface area contributed by atoms with Gasteiger partial charge in [0.1, 0.15) is 0 Å². The Morgan fingerprint density at radius 3 is 2.25 bits per heavy atom. The molecule has 3 amide bonds. The van der Waals surface area contributed by atoms with E-state index >= 15 is 0 Å². The second-order valence-corrected chi connectivity index (χ2v) is 9.53. The second kappa shape index (κ2) is 10.9. The highest BCUT2D eigenvalue weighted by Crippen LogP contribution is 2.29. The molecule has 0 aromatic heterocycles. The van der Waals surface area contributed by atoms with Crippen LogP contribution in [-0.2, 0) is 0 Å². The highest BCUT2D eigenvalue weighted by molar-refractivity contribution is 6.42. The average molecular weight is 477 g/mol. The molecule has 1 heterocycles. The lowest BCUT2D eigenvalue weighted by Crippen LogP contribution is -2.35. The number of rotatable bonds is 6. The molecule has 0 radical (unpaired) electrons. The zero-order valence-corrected chi connectivity index (χ0v) is 20.2. The summed E-state index contributed by atoms with van der Waals surface area (Å²) < 4.78 is 0. The van der Waals surface area contributed by atoms with E-state index in [0.29, 0.717) is 45.4 Å². The average Bonchev–Trinajstić information content (AvgIpc) is 2.75. The fourth-order valence-corrected chi connectivity index (χ4v) is 3.88. The van der Waals surface area contributed by atoms with Crippen molar-refractivity contribution in [2.45, 2.75) is 33.6 Å². The predicted molar refractivity (Wildman–Crippen MR) is 133 cm³/mol. The topological polar surface area (TPSA) is 73.5 Å². The molecule has 3 rings (SSSR count). The normalized spacial score (nSPS) is 14.4. The molecule has 32 heavy (non-hydrogen) atoms. The van der Waals surface area contributed by atoms with E-state index in [1.54, 1.807) is 24.3 Å². The van der Waals surface area contributed by atoms with Crippen molar-refractivity contribution in [3.05, 3.63) is 52.0 Å². The molecular formula is C24H30Cl2N4O2. The van der Waals surface area contributed by atoms with Gasteiger partial charge in [0.2, 0.25) is 0 Å². The lowest BCUT2D eigenvalue weighted by Gasteiger charge is -2.33. The third-order valence-electron chi connectivity index (χ3n) is 5.47. The van der Waals surface area contributed by atoms with Gasteiger partial charge in [0, 0.05) is 36.7 Å². The van der Waals surface area contributed by atoms with Crippen LogP contribution in [0.5, 0.6) is 0 Å². The Hall–Kier alpha value is -2.44. The molecule has 0 saturated carbocycles. The molecule has 2 aromatic carbocycles. The molecule has 2 aromatic rings. The van der Waals surface area contributed by atoms with Crippen LogP contribution in [-0.4, -0.2) is 31.6 Å². The van der Waals surface area contributed by atoms with Crippen molar-refractivity contribution in [2.75, 3.05) is 35.2 Å². The van der Waals surface area contributed by atoms with E-state index < -0.39 is 6.03 Å². The molecule has 8 heteroatoms. The Kier molecular flexibility index (Phi) is 8.26. The molecule has 1 saturated heterocycles. The van der Waals surface area contributed by atoms with Crippen LogP contribution in [0.4, 0.5) is 21.9 Å². The van der Waals surface area contributed by atoms with Gasteiger partial charge in [0.15, 0.2) is 0 Å². The Bertz CT molecular complexity index is 972. The van der Waals surface area contributed by atoms with Gasteiger partial charge in [-0.15, -0.1) is 0 Å². The van der Waals surface area contributed by atoms with Gasteiger partial charge >= 0.3 is 6.03 Å². The number of benzene rings is 2. The highest BCUT2D eigenvalue weighted by Gasteiger charge is 2.22. The summed E-state index contributed by atoms with van der Waals surface area (Å²) in [5, 5.41) is 9.29. The van der Waals surface area contributed by atoms with Crippen molar-refractivity contribution in [2.24, 2.45) is 11.8 Å². The number of urea groups is 1. The van der Waals surface area contributed by atoms with E-state index in [2.05, 4.69) is 41.6 Å². The first kappa shape index (κ1) is 24.2. The minimum absolute atomic E-state index is 0.138. The number of hydrogen-bond acceptors (Lipinski definition) is 3. The number of nitrogens with zero attached hydrogens (tertiary/aromatic N) is 1. The number of nitrogens with one attached hydrogen (secondary N) is 3. The van der Waals surface area contributed by atoms with Crippen LogP contribution in [0.15, 0.2) is 36.4 Å². The van der Waals surface area contributed by atoms with E-state index in [1.165, 1.54) is 0 Å². The molecule has 0 aliphatic carbocycles. The fourth-order valence-electron chi connectivity index (χ4n) is 3.58. The van der Waals surface area contributed by atoms with E-state index in [4.69, 9.17) is 23.2 Å². The molecule has 6 nitrogen and oxygen atoms in total. The van der Waals surface area contributed by atoms with Crippen molar-refractivity contribution in [1.82, 2.24) is 5.32 Å². The largest absolute Gasteiger partial charge is 0.371 e. The van der Waals surface area contributed by atoms with E-state index in [9.17, 15) is 9.59 Å². The van der Waals surface area contributed by atoms with Crippen molar-refractivity contribution < 1.29 is 9.59 Å². The van der Waals surface area contributed by atoms with Crippen LogP contribution in [0.3, 0.4) is 0 Å². The number of anilines is 3. The summed E-state index contributed by atoms with van der Waals surface area (Å²) in [4.78, 5) is 27.7. The third-order valence-corrected chi connectivity index (χ3v) is 6.21. The molecule has 172 valence electrons. The first-order valence-electron chi connectivity index (χ1n) is 10.9. The van der Waals surface area contributed by atoms with Crippen LogP contribution >= 0.6 is 23.2 Å². The highest BCUT2D eigenvalue weighted by atomic mass is 35.5. The summed E-state index contributed by atoms with van der Waals surface area (Å²) in [6.45, 7) is 8.78. The number of amides is 3. The second-order valence-electron chi connectivity index (χ2n) is 8.71. The number of piperidine rings is 1. The van der Waals surface area contributed by atoms with Gasteiger partial charge in [-0.2, -0.15) is 0 Å². The minimum atomic E-state index is -0.434. The first-order chi connectivity index (χ1) is 15.2.